The molecule has 0 saturated carbocycles. The van der Waals surface area contributed by atoms with Gasteiger partial charge in [-0.2, -0.15) is 4.98 Å². The summed E-state index contributed by atoms with van der Waals surface area (Å²) in [5.41, 5.74) is 0. The van der Waals surface area contributed by atoms with Crippen LogP contribution in [0.15, 0.2) is 29.4 Å². The van der Waals surface area contributed by atoms with Crippen molar-refractivity contribution < 1.29 is 23.7 Å². The number of aromatic nitrogens is 1. The SMILES string of the molecule is O=[S+]c1ccccn1.[Zn]. The zero-order valence-corrected chi connectivity index (χ0v) is 8.56. The van der Waals surface area contributed by atoms with Crippen molar-refractivity contribution in [1.29, 1.82) is 0 Å². The van der Waals surface area contributed by atoms with Crippen LogP contribution in [-0.2, 0) is 35.4 Å². The normalized spacial score (nSPS) is 7.56. The Balaban J connectivity index is 0.000000640. The zero-order chi connectivity index (χ0) is 5.82. The van der Waals surface area contributed by atoms with Gasteiger partial charge in [-0.3, -0.25) is 0 Å². The fraction of sp³-hybridized carbons (Fsp3) is 0. The molecular formula is C5H4NOSZn+. The van der Waals surface area contributed by atoms with Crippen LogP contribution in [0.5, 0.6) is 0 Å². The summed E-state index contributed by atoms with van der Waals surface area (Å²) >= 11 is 0.408. The zero-order valence-electron chi connectivity index (χ0n) is 4.78. The Labute approximate surface area is 69.9 Å². The van der Waals surface area contributed by atoms with E-state index in [-0.39, 0.29) is 19.5 Å². The second kappa shape index (κ2) is 4.65. The van der Waals surface area contributed by atoms with Crippen LogP contribution in [0.2, 0.25) is 0 Å². The molecule has 1 aromatic rings. The van der Waals surface area contributed by atoms with E-state index in [0.717, 1.165) is 0 Å². The molecule has 0 atom stereocenters. The number of nitrogens with zero attached hydrogens (tertiary/aromatic N) is 1. The van der Waals surface area contributed by atoms with Crippen LogP contribution in [0.1, 0.15) is 0 Å². The van der Waals surface area contributed by atoms with Crippen molar-refractivity contribution in [3.8, 4) is 0 Å². The van der Waals surface area contributed by atoms with E-state index < -0.39 is 0 Å². The molecule has 0 bridgehead atoms. The standard InChI is InChI=1S/C5H4NOS.Zn/c7-8-5-3-1-2-4-6-5;/h1-4H;/q+1;. The van der Waals surface area contributed by atoms with Gasteiger partial charge in [0.1, 0.15) is 0 Å². The van der Waals surface area contributed by atoms with Crippen LogP contribution >= 0.6 is 0 Å². The first kappa shape index (κ1) is 8.79. The topological polar surface area (TPSA) is 30.0 Å². The largest absolute Gasteiger partial charge is 0.527 e. The average molecular weight is 192 g/mol. The molecule has 0 spiro atoms. The third-order valence-corrected chi connectivity index (χ3v) is 1.14. The molecule has 1 aromatic heterocycles. The van der Waals surface area contributed by atoms with Crippen molar-refractivity contribution in [2.24, 2.45) is 0 Å². The van der Waals surface area contributed by atoms with E-state index in [1.165, 1.54) is 0 Å². The Morgan fingerprint density at radius 2 is 2.22 bits per heavy atom. The Hall–Kier alpha value is -0.207. The Bertz CT molecular complexity index is 180. The third-order valence-electron chi connectivity index (χ3n) is 0.723. The molecule has 0 fully saturated rings. The van der Waals surface area contributed by atoms with E-state index in [0.29, 0.717) is 16.7 Å². The van der Waals surface area contributed by atoms with E-state index in [1.54, 1.807) is 24.4 Å². The number of hydrogen-bond acceptors (Lipinski definition) is 2. The summed E-state index contributed by atoms with van der Waals surface area (Å²) in [4.78, 5) is 3.75. The van der Waals surface area contributed by atoms with Gasteiger partial charge in [-0.1, -0.05) is 6.07 Å². The smallest absolute Gasteiger partial charge is 0.198 e. The molecule has 0 aliphatic carbocycles. The van der Waals surface area contributed by atoms with E-state index in [9.17, 15) is 4.21 Å². The minimum atomic E-state index is 0. The van der Waals surface area contributed by atoms with Gasteiger partial charge in [0, 0.05) is 36.0 Å². The summed E-state index contributed by atoms with van der Waals surface area (Å²) in [5.74, 6) is 0. The van der Waals surface area contributed by atoms with E-state index in [4.69, 9.17) is 0 Å². The minimum absolute atomic E-state index is 0. The van der Waals surface area contributed by atoms with Crippen molar-refractivity contribution in [3.63, 3.8) is 0 Å². The van der Waals surface area contributed by atoms with Gasteiger partial charge in [-0.15, -0.1) is 0 Å². The van der Waals surface area contributed by atoms with Gasteiger partial charge in [0.15, 0.2) is 0 Å². The number of pyridine rings is 1. The van der Waals surface area contributed by atoms with E-state index in [1.807, 2.05) is 0 Å². The summed E-state index contributed by atoms with van der Waals surface area (Å²) in [6, 6.07) is 5.24. The van der Waals surface area contributed by atoms with Crippen molar-refractivity contribution in [2.75, 3.05) is 0 Å². The molecular weight excluding hydrogens is 188 g/mol. The molecule has 4 heteroatoms. The Morgan fingerprint density at radius 1 is 1.44 bits per heavy atom. The van der Waals surface area contributed by atoms with Crippen LogP contribution in [0.25, 0.3) is 0 Å². The molecule has 0 aromatic carbocycles. The van der Waals surface area contributed by atoms with Gasteiger partial charge in [0.25, 0.3) is 0 Å². The van der Waals surface area contributed by atoms with Gasteiger partial charge in [-0.05, 0) is 6.07 Å². The minimum Gasteiger partial charge on any atom is -0.198 e. The maximum Gasteiger partial charge on any atom is 0.527 e. The molecule has 1 heterocycles. The first-order valence-electron chi connectivity index (χ1n) is 2.14. The predicted octanol–water partition coefficient (Wildman–Crippen LogP) is 0.866. The molecule has 0 aliphatic rings. The molecule has 2 nitrogen and oxygen atoms in total. The fourth-order valence-electron chi connectivity index (χ4n) is 0.396. The van der Waals surface area contributed by atoms with Crippen LogP contribution in [0.4, 0.5) is 0 Å². The molecule has 9 heavy (non-hydrogen) atoms. The van der Waals surface area contributed by atoms with Gasteiger partial charge in [-0.25, -0.2) is 0 Å². The summed E-state index contributed by atoms with van der Waals surface area (Å²) < 4.78 is 9.99. The van der Waals surface area contributed by atoms with Gasteiger partial charge in [0.05, 0.1) is 0 Å². The van der Waals surface area contributed by atoms with E-state index >= 15 is 0 Å². The Morgan fingerprint density at radius 3 is 2.56 bits per heavy atom. The summed E-state index contributed by atoms with van der Waals surface area (Å²) in [7, 11) is 0. The van der Waals surface area contributed by atoms with Gasteiger partial charge < -0.3 is 0 Å². The fourth-order valence-corrected chi connectivity index (χ4v) is 0.634. The van der Waals surface area contributed by atoms with Gasteiger partial charge in [0.2, 0.25) is 0 Å². The third kappa shape index (κ3) is 2.73. The maximum absolute atomic E-state index is 9.99. The molecule has 0 saturated heterocycles. The Kier molecular flexibility index (Phi) is 4.54. The molecule has 0 aliphatic heterocycles. The second-order valence-electron chi connectivity index (χ2n) is 1.25. The molecule has 42 valence electrons. The first-order valence-corrected chi connectivity index (χ1v) is 2.88. The van der Waals surface area contributed by atoms with E-state index in [2.05, 4.69) is 4.98 Å². The summed E-state index contributed by atoms with van der Waals surface area (Å²) in [5, 5.41) is 0.521. The van der Waals surface area contributed by atoms with Crippen molar-refractivity contribution >= 4 is 11.7 Å². The summed E-state index contributed by atoms with van der Waals surface area (Å²) in [6.45, 7) is 0. The molecule has 0 unspecified atom stereocenters. The quantitative estimate of drug-likeness (QED) is 0.487. The van der Waals surface area contributed by atoms with Gasteiger partial charge >= 0.3 is 16.7 Å². The van der Waals surface area contributed by atoms with Crippen molar-refractivity contribution in [3.05, 3.63) is 24.4 Å². The molecule has 1 rings (SSSR count). The number of rotatable bonds is 1. The summed E-state index contributed by atoms with van der Waals surface area (Å²) in [6.07, 6.45) is 1.60. The van der Waals surface area contributed by atoms with Crippen molar-refractivity contribution in [1.82, 2.24) is 4.98 Å². The monoisotopic (exact) mass is 190 g/mol. The average Bonchev–Trinajstić information content (AvgIpc) is 1.90. The maximum atomic E-state index is 9.99. The van der Waals surface area contributed by atoms with Crippen LogP contribution < -0.4 is 0 Å². The predicted molar refractivity (Wildman–Crippen MR) is 30.6 cm³/mol. The van der Waals surface area contributed by atoms with Crippen LogP contribution in [0, 0.1) is 0 Å². The molecule has 0 radical (unpaired) electrons. The van der Waals surface area contributed by atoms with Crippen LogP contribution in [0.3, 0.4) is 0 Å². The molecule has 0 amide bonds. The van der Waals surface area contributed by atoms with Crippen molar-refractivity contribution in [2.45, 2.75) is 5.03 Å². The second-order valence-corrected chi connectivity index (χ2v) is 1.84. The molecule has 0 N–H and O–H groups in total. The first-order chi connectivity index (χ1) is 3.93. The number of hydrogen-bond donors (Lipinski definition) is 0. The van der Waals surface area contributed by atoms with Crippen LogP contribution in [-0.4, -0.2) is 4.98 Å².